The van der Waals surface area contributed by atoms with Crippen LogP contribution in [0.2, 0.25) is 0 Å². The summed E-state index contributed by atoms with van der Waals surface area (Å²) >= 11 is 0. The fourth-order valence-electron chi connectivity index (χ4n) is 1.20. The van der Waals surface area contributed by atoms with Crippen LogP contribution < -0.4 is 4.74 Å². The number of benzene rings is 1. The molecular weight excluding hydrogens is 180 g/mol. The molecule has 1 N–H and O–H groups in total. The molecule has 3 heteroatoms. The lowest BCUT2D eigenvalue weighted by atomic mass is 10.0. The topological polar surface area (TPSA) is 46.5 Å². The second-order valence-corrected chi connectivity index (χ2v) is 3.29. The molecule has 0 bridgehead atoms. The van der Waals surface area contributed by atoms with Gasteiger partial charge in [0.1, 0.15) is 5.75 Å². The van der Waals surface area contributed by atoms with Crippen molar-refractivity contribution in [2.24, 2.45) is 5.92 Å². The molecule has 1 rings (SSSR count). The lowest BCUT2D eigenvalue weighted by Crippen LogP contribution is -2.12. The molecule has 76 valence electrons. The van der Waals surface area contributed by atoms with Crippen molar-refractivity contribution in [3.05, 3.63) is 29.8 Å². The third kappa shape index (κ3) is 2.76. The van der Waals surface area contributed by atoms with E-state index in [2.05, 4.69) is 0 Å². The van der Waals surface area contributed by atoms with Crippen LogP contribution in [0.3, 0.4) is 0 Å². The number of methoxy groups -OCH3 is 1. The van der Waals surface area contributed by atoms with Crippen LogP contribution in [0, 0.1) is 5.92 Å². The van der Waals surface area contributed by atoms with Gasteiger partial charge in [0.25, 0.3) is 0 Å². The summed E-state index contributed by atoms with van der Waals surface area (Å²) in [5, 5.41) is 8.72. The number of hydrogen-bond donors (Lipinski definition) is 1. The molecule has 0 aliphatic carbocycles. The summed E-state index contributed by atoms with van der Waals surface area (Å²) in [7, 11) is 1.61. The summed E-state index contributed by atoms with van der Waals surface area (Å²) in [6.45, 7) is 1.70. The average molecular weight is 194 g/mol. The Labute approximate surface area is 83.3 Å². The predicted octanol–water partition coefficient (Wildman–Crippen LogP) is 1.96. The molecule has 1 aromatic carbocycles. The van der Waals surface area contributed by atoms with Gasteiger partial charge in [-0.15, -0.1) is 0 Å². The van der Waals surface area contributed by atoms with Gasteiger partial charge in [0.2, 0.25) is 0 Å². The van der Waals surface area contributed by atoms with Gasteiger partial charge >= 0.3 is 5.97 Å². The molecule has 3 nitrogen and oxygen atoms in total. The molecule has 0 aromatic heterocycles. The molecule has 0 heterocycles. The quantitative estimate of drug-likeness (QED) is 0.797. The van der Waals surface area contributed by atoms with E-state index < -0.39 is 5.97 Å². The van der Waals surface area contributed by atoms with Crippen molar-refractivity contribution in [3.8, 4) is 5.75 Å². The fourth-order valence-corrected chi connectivity index (χ4v) is 1.20. The molecular formula is C11H14O3. The van der Waals surface area contributed by atoms with Crippen molar-refractivity contribution >= 4 is 5.97 Å². The Balaban J connectivity index is 2.64. The van der Waals surface area contributed by atoms with E-state index in [-0.39, 0.29) is 5.92 Å². The molecule has 14 heavy (non-hydrogen) atoms. The largest absolute Gasteiger partial charge is 0.497 e. The molecule has 0 unspecified atom stereocenters. The Morgan fingerprint density at radius 2 is 2.00 bits per heavy atom. The Kier molecular flexibility index (Phi) is 3.51. The minimum absolute atomic E-state index is 0.344. The number of aliphatic carboxylic acids is 1. The van der Waals surface area contributed by atoms with Gasteiger partial charge in [0, 0.05) is 0 Å². The molecule has 1 atom stereocenters. The van der Waals surface area contributed by atoms with E-state index >= 15 is 0 Å². The summed E-state index contributed by atoms with van der Waals surface area (Å²) in [4.78, 5) is 10.6. The molecule has 0 radical (unpaired) electrons. The van der Waals surface area contributed by atoms with Crippen LogP contribution in [0.5, 0.6) is 5.75 Å². The minimum atomic E-state index is -0.763. The van der Waals surface area contributed by atoms with Gasteiger partial charge in [-0.2, -0.15) is 0 Å². The first-order valence-electron chi connectivity index (χ1n) is 4.49. The molecule has 0 fully saturated rings. The highest BCUT2D eigenvalue weighted by molar-refractivity contribution is 5.69. The number of hydrogen-bond acceptors (Lipinski definition) is 2. The molecule has 0 saturated heterocycles. The average Bonchev–Trinajstić information content (AvgIpc) is 2.19. The number of rotatable bonds is 4. The summed E-state index contributed by atoms with van der Waals surface area (Å²) in [6.07, 6.45) is 0.555. The van der Waals surface area contributed by atoms with Crippen LogP contribution in [0.15, 0.2) is 24.3 Å². The lowest BCUT2D eigenvalue weighted by molar-refractivity contribution is -0.141. The van der Waals surface area contributed by atoms with Crippen LogP contribution in [0.25, 0.3) is 0 Å². The zero-order valence-corrected chi connectivity index (χ0v) is 8.36. The maximum absolute atomic E-state index is 10.6. The van der Waals surface area contributed by atoms with Crippen LogP contribution in [-0.4, -0.2) is 18.2 Å². The van der Waals surface area contributed by atoms with E-state index in [0.717, 1.165) is 11.3 Å². The molecule has 0 saturated carbocycles. The van der Waals surface area contributed by atoms with Crippen molar-refractivity contribution in [2.75, 3.05) is 7.11 Å². The summed E-state index contributed by atoms with van der Waals surface area (Å²) < 4.78 is 5.01. The van der Waals surface area contributed by atoms with Crippen LogP contribution in [0.1, 0.15) is 12.5 Å². The van der Waals surface area contributed by atoms with Crippen molar-refractivity contribution in [1.82, 2.24) is 0 Å². The summed E-state index contributed by atoms with van der Waals surface area (Å²) in [5.74, 6) is -0.319. The normalized spacial score (nSPS) is 12.1. The lowest BCUT2D eigenvalue weighted by Gasteiger charge is -2.06. The number of ether oxygens (including phenoxy) is 1. The smallest absolute Gasteiger partial charge is 0.306 e. The maximum atomic E-state index is 10.6. The number of carbonyl (C=O) groups is 1. The zero-order valence-electron chi connectivity index (χ0n) is 8.36. The third-order valence-electron chi connectivity index (χ3n) is 2.12. The second kappa shape index (κ2) is 4.65. The van der Waals surface area contributed by atoms with Crippen LogP contribution >= 0.6 is 0 Å². The van der Waals surface area contributed by atoms with E-state index in [1.165, 1.54) is 0 Å². The van der Waals surface area contributed by atoms with E-state index in [4.69, 9.17) is 9.84 Å². The van der Waals surface area contributed by atoms with Gasteiger partial charge in [-0.1, -0.05) is 19.1 Å². The zero-order chi connectivity index (χ0) is 10.6. The van der Waals surface area contributed by atoms with Crippen LogP contribution in [0.4, 0.5) is 0 Å². The standard InChI is InChI=1S/C11H14O3/c1-8(11(12)13)7-9-3-5-10(14-2)6-4-9/h3-6,8H,7H2,1-2H3,(H,12,13)/t8-/m0/s1. The van der Waals surface area contributed by atoms with E-state index in [0.29, 0.717) is 6.42 Å². The Morgan fingerprint density at radius 1 is 1.43 bits per heavy atom. The van der Waals surface area contributed by atoms with Gasteiger partial charge in [-0.3, -0.25) is 4.79 Å². The van der Waals surface area contributed by atoms with Crippen molar-refractivity contribution in [2.45, 2.75) is 13.3 Å². The van der Waals surface area contributed by atoms with Gasteiger partial charge in [-0.05, 0) is 24.1 Å². The first kappa shape index (κ1) is 10.6. The highest BCUT2D eigenvalue weighted by Crippen LogP contribution is 2.14. The molecule has 0 aliphatic rings. The Morgan fingerprint density at radius 3 is 2.43 bits per heavy atom. The maximum Gasteiger partial charge on any atom is 0.306 e. The first-order valence-corrected chi connectivity index (χ1v) is 4.49. The van der Waals surface area contributed by atoms with E-state index in [1.807, 2.05) is 24.3 Å². The van der Waals surface area contributed by atoms with E-state index in [1.54, 1.807) is 14.0 Å². The highest BCUT2D eigenvalue weighted by Gasteiger charge is 2.11. The highest BCUT2D eigenvalue weighted by atomic mass is 16.5. The number of carboxylic acids is 1. The van der Waals surface area contributed by atoms with Gasteiger partial charge < -0.3 is 9.84 Å². The van der Waals surface area contributed by atoms with Crippen LogP contribution in [-0.2, 0) is 11.2 Å². The number of carboxylic acid groups (broad SMARTS) is 1. The third-order valence-corrected chi connectivity index (χ3v) is 2.12. The summed E-state index contributed by atoms with van der Waals surface area (Å²) in [5.41, 5.74) is 1.01. The van der Waals surface area contributed by atoms with Gasteiger partial charge in [0.05, 0.1) is 13.0 Å². The van der Waals surface area contributed by atoms with Gasteiger partial charge in [-0.25, -0.2) is 0 Å². The summed E-state index contributed by atoms with van der Waals surface area (Å²) in [6, 6.07) is 7.45. The molecule has 0 aliphatic heterocycles. The Bertz CT molecular complexity index is 303. The Hall–Kier alpha value is -1.51. The SMILES string of the molecule is COc1ccc(C[C@H](C)C(=O)O)cc1. The molecule has 0 spiro atoms. The molecule has 0 amide bonds. The molecule has 1 aromatic rings. The van der Waals surface area contributed by atoms with Crippen molar-refractivity contribution in [1.29, 1.82) is 0 Å². The predicted molar refractivity (Wildman–Crippen MR) is 53.5 cm³/mol. The van der Waals surface area contributed by atoms with Crippen molar-refractivity contribution < 1.29 is 14.6 Å². The first-order chi connectivity index (χ1) is 6.63. The van der Waals surface area contributed by atoms with Gasteiger partial charge in [0.15, 0.2) is 0 Å². The second-order valence-electron chi connectivity index (χ2n) is 3.29. The fraction of sp³-hybridized carbons (Fsp3) is 0.364. The van der Waals surface area contributed by atoms with E-state index in [9.17, 15) is 4.79 Å². The minimum Gasteiger partial charge on any atom is -0.497 e. The monoisotopic (exact) mass is 194 g/mol. The van der Waals surface area contributed by atoms with Crippen molar-refractivity contribution in [3.63, 3.8) is 0 Å².